The van der Waals surface area contributed by atoms with Crippen molar-refractivity contribution >= 4 is 11.3 Å². The van der Waals surface area contributed by atoms with Gasteiger partial charge in [0.15, 0.2) is 0 Å². The summed E-state index contributed by atoms with van der Waals surface area (Å²) >= 11 is 1.90. The van der Waals surface area contributed by atoms with E-state index < -0.39 is 0 Å². The number of thiophene rings is 1. The predicted molar refractivity (Wildman–Crippen MR) is 88.0 cm³/mol. The molecule has 0 radical (unpaired) electrons. The van der Waals surface area contributed by atoms with E-state index in [0.29, 0.717) is 12.6 Å². The van der Waals surface area contributed by atoms with E-state index in [1.165, 1.54) is 15.3 Å². The first-order valence-corrected chi connectivity index (χ1v) is 8.16. The second-order valence-corrected chi connectivity index (χ2v) is 6.16. The summed E-state index contributed by atoms with van der Waals surface area (Å²) < 4.78 is 0. The smallest absolute Gasteiger partial charge is 0.0567 e. The van der Waals surface area contributed by atoms with E-state index >= 15 is 0 Å². The Morgan fingerprint density at radius 3 is 2.40 bits per heavy atom. The van der Waals surface area contributed by atoms with Crippen LogP contribution in [0.4, 0.5) is 0 Å². The third-order valence-corrected chi connectivity index (χ3v) is 4.99. The van der Waals surface area contributed by atoms with Crippen LogP contribution in [0.3, 0.4) is 0 Å². The molecule has 0 spiro atoms. The number of hydrogen-bond acceptors (Lipinski definition) is 3. The highest BCUT2D eigenvalue weighted by atomic mass is 32.1. The molecule has 0 amide bonds. The van der Waals surface area contributed by atoms with Crippen LogP contribution in [0.25, 0.3) is 0 Å². The molecule has 0 saturated carbocycles. The van der Waals surface area contributed by atoms with Crippen LogP contribution in [0.15, 0.2) is 42.5 Å². The summed E-state index contributed by atoms with van der Waals surface area (Å²) in [6.07, 6.45) is 1.10. The maximum absolute atomic E-state index is 6.05. The Hall–Kier alpha value is -1.16. The molecule has 108 valence electrons. The number of rotatable bonds is 7. The van der Waals surface area contributed by atoms with Crippen LogP contribution >= 0.6 is 11.3 Å². The van der Waals surface area contributed by atoms with Crippen LogP contribution < -0.4 is 5.73 Å². The van der Waals surface area contributed by atoms with Crippen molar-refractivity contribution in [2.75, 3.05) is 13.1 Å². The number of benzene rings is 1. The first-order valence-electron chi connectivity index (χ1n) is 7.35. The molecule has 0 aliphatic heterocycles. The Bertz CT molecular complexity index is 507. The standard InChI is InChI=1S/C17H24N2S/c1-3-15-10-11-17(20-15)16(12-18)19(4-2)13-14-8-6-5-7-9-14/h5-11,16H,3-4,12-13,18H2,1-2H3. The number of nitrogens with two attached hydrogens (primary N) is 1. The minimum absolute atomic E-state index is 0.325. The van der Waals surface area contributed by atoms with Gasteiger partial charge in [-0.3, -0.25) is 4.90 Å². The number of aryl methyl sites for hydroxylation is 1. The maximum atomic E-state index is 6.05. The van der Waals surface area contributed by atoms with Gasteiger partial charge in [0.1, 0.15) is 0 Å². The average Bonchev–Trinajstić information content (AvgIpc) is 2.97. The van der Waals surface area contributed by atoms with Gasteiger partial charge in [-0.05, 0) is 30.7 Å². The lowest BCUT2D eigenvalue weighted by atomic mass is 10.1. The highest BCUT2D eigenvalue weighted by molar-refractivity contribution is 7.12. The van der Waals surface area contributed by atoms with Gasteiger partial charge in [0, 0.05) is 22.8 Å². The van der Waals surface area contributed by atoms with Crippen molar-refractivity contribution in [1.82, 2.24) is 4.90 Å². The van der Waals surface area contributed by atoms with Gasteiger partial charge in [-0.1, -0.05) is 44.2 Å². The molecule has 1 heterocycles. The molecular weight excluding hydrogens is 264 g/mol. The molecule has 1 aromatic heterocycles. The number of hydrogen-bond donors (Lipinski definition) is 1. The quantitative estimate of drug-likeness (QED) is 0.839. The summed E-state index contributed by atoms with van der Waals surface area (Å²) in [5.74, 6) is 0. The molecule has 0 bridgehead atoms. The van der Waals surface area contributed by atoms with Crippen molar-refractivity contribution in [3.8, 4) is 0 Å². The Kier molecular flexibility index (Phi) is 5.77. The van der Waals surface area contributed by atoms with Gasteiger partial charge in [0.2, 0.25) is 0 Å². The molecule has 2 N–H and O–H groups in total. The van der Waals surface area contributed by atoms with Crippen LogP contribution in [0, 0.1) is 0 Å². The van der Waals surface area contributed by atoms with Crippen LogP contribution in [0.2, 0.25) is 0 Å². The molecule has 3 heteroatoms. The highest BCUT2D eigenvalue weighted by Crippen LogP contribution is 2.28. The third-order valence-electron chi connectivity index (χ3n) is 3.66. The number of nitrogens with zero attached hydrogens (tertiary/aromatic N) is 1. The molecule has 2 nitrogen and oxygen atoms in total. The molecule has 2 aromatic rings. The van der Waals surface area contributed by atoms with Gasteiger partial charge in [-0.25, -0.2) is 0 Å². The maximum Gasteiger partial charge on any atom is 0.0567 e. The Morgan fingerprint density at radius 2 is 1.85 bits per heavy atom. The summed E-state index contributed by atoms with van der Waals surface area (Å²) in [6, 6.07) is 15.4. The van der Waals surface area contributed by atoms with E-state index in [0.717, 1.165) is 19.5 Å². The monoisotopic (exact) mass is 288 g/mol. The van der Waals surface area contributed by atoms with Crippen molar-refractivity contribution in [3.05, 3.63) is 57.8 Å². The van der Waals surface area contributed by atoms with Crippen molar-refractivity contribution in [3.63, 3.8) is 0 Å². The first-order chi connectivity index (χ1) is 9.78. The second-order valence-electron chi connectivity index (χ2n) is 4.96. The fourth-order valence-corrected chi connectivity index (χ4v) is 3.57. The second kappa shape index (κ2) is 7.58. The molecule has 0 aliphatic carbocycles. The van der Waals surface area contributed by atoms with E-state index in [1.54, 1.807) is 0 Å². The fraction of sp³-hybridized carbons (Fsp3) is 0.412. The largest absolute Gasteiger partial charge is 0.329 e. The Labute approximate surface area is 126 Å². The SMILES string of the molecule is CCc1ccc(C(CN)N(CC)Cc2ccccc2)s1. The molecule has 2 rings (SSSR count). The lowest BCUT2D eigenvalue weighted by Crippen LogP contribution is -2.32. The van der Waals surface area contributed by atoms with Gasteiger partial charge < -0.3 is 5.73 Å². The lowest BCUT2D eigenvalue weighted by molar-refractivity contribution is 0.206. The van der Waals surface area contributed by atoms with Crippen LogP contribution in [-0.2, 0) is 13.0 Å². The van der Waals surface area contributed by atoms with Gasteiger partial charge >= 0.3 is 0 Å². The summed E-state index contributed by atoms with van der Waals surface area (Å²) in [5, 5.41) is 0. The third kappa shape index (κ3) is 3.69. The summed E-state index contributed by atoms with van der Waals surface area (Å²) in [5.41, 5.74) is 7.40. The topological polar surface area (TPSA) is 29.3 Å². The lowest BCUT2D eigenvalue weighted by Gasteiger charge is -2.29. The zero-order chi connectivity index (χ0) is 14.4. The van der Waals surface area contributed by atoms with Crippen LogP contribution in [-0.4, -0.2) is 18.0 Å². The molecule has 0 fully saturated rings. The first kappa shape index (κ1) is 15.2. The van der Waals surface area contributed by atoms with E-state index in [-0.39, 0.29) is 0 Å². The zero-order valence-corrected chi connectivity index (χ0v) is 13.2. The van der Waals surface area contributed by atoms with E-state index in [2.05, 4.69) is 61.2 Å². The van der Waals surface area contributed by atoms with Crippen molar-refractivity contribution in [2.45, 2.75) is 32.9 Å². The van der Waals surface area contributed by atoms with Crippen LogP contribution in [0.5, 0.6) is 0 Å². The molecule has 1 unspecified atom stereocenters. The van der Waals surface area contributed by atoms with Gasteiger partial charge in [0.25, 0.3) is 0 Å². The molecule has 1 aromatic carbocycles. The van der Waals surface area contributed by atoms with Crippen molar-refractivity contribution < 1.29 is 0 Å². The molecule has 1 atom stereocenters. The summed E-state index contributed by atoms with van der Waals surface area (Å²) in [6.45, 7) is 7.05. The van der Waals surface area contributed by atoms with Crippen molar-refractivity contribution in [1.29, 1.82) is 0 Å². The van der Waals surface area contributed by atoms with E-state index in [9.17, 15) is 0 Å². The Morgan fingerprint density at radius 1 is 1.10 bits per heavy atom. The highest BCUT2D eigenvalue weighted by Gasteiger charge is 2.19. The van der Waals surface area contributed by atoms with E-state index in [4.69, 9.17) is 5.73 Å². The fourth-order valence-electron chi connectivity index (χ4n) is 2.47. The minimum Gasteiger partial charge on any atom is -0.329 e. The molecule has 0 aliphatic rings. The number of likely N-dealkylation sites (N-methyl/N-ethyl adjacent to an activating group) is 1. The minimum atomic E-state index is 0.325. The summed E-state index contributed by atoms with van der Waals surface area (Å²) in [4.78, 5) is 5.29. The zero-order valence-electron chi connectivity index (χ0n) is 12.4. The molecule has 0 saturated heterocycles. The average molecular weight is 288 g/mol. The summed E-state index contributed by atoms with van der Waals surface area (Å²) in [7, 11) is 0. The normalized spacial score (nSPS) is 12.8. The predicted octanol–water partition coefficient (Wildman–Crippen LogP) is 3.83. The Balaban J connectivity index is 2.14. The molecular formula is C17H24N2S. The molecule has 20 heavy (non-hydrogen) atoms. The van der Waals surface area contributed by atoms with Gasteiger partial charge in [-0.2, -0.15) is 0 Å². The van der Waals surface area contributed by atoms with Gasteiger partial charge in [0.05, 0.1) is 6.04 Å². The van der Waals surface area contributed by atoms with Crippen LogP contribution in [0.1, 0.15) is 35.2 Å². The van der Waals surface area contributed by atoms with Gasteiger partial charge in [-0.15, -0.1) is 11.3 Å². The van der Waals surface area contributed by atoms with Crippen molar-refractivity contribution in [2.24, 2.45) is 5.73 Å². The van der Waals surface area contributed by atoms with E-state index in [1.807, 2.05) is 11.3 Å².